The molecule has 0 N–H and O–H groups in total. The molecule has 1 saturated heterocycles. The van der Waals surface area contributed by atoms with Gasteiger partial charge in [0.2, 0.25) is 0 Å². The lowest BCUT2D eigenvalue weighted by atomic mass is 10.2. The predicted molar refractivity (Wildman–Crippen MR) is 77.2 cm³/mol. The summed E-state index contributed by atoms with van der Waals surface area (Å²) in [6.45, 7) is 1.34. The molecule has 0 aromatic heterocycles. The van der Waals surface area contributed by atoms with Crippen LogP contribution >= 0.6 is 24.0 Å². The molecule has 0 atom stereocenters. The Balaban J connectivity index is 2.05. The minimum atomic E-state index is -0.369. The van der Waals surface area contributed by atoms with Crippen LogP contribution in [0.5, 0.6) is 5.75 Å². The molecule has 98 valence electrons. The minimum absolute atomic E-state index is 0.122. The number of thiocarbonyl (C=S) groups is 1. The molecule has 0 bridgehead atoms. The monoisotopic (exact) mass is 294 g/mol. The topological polar surface area (TPSA) is 59.0 Å². The van der Waals surface area contributed by atoms with Gasteiger partial charge in [-0.05, 0) is 29.8 Å². The molecule has 5 nitrogen and oxygen atoms in total. The van der Waals surface area contributed by atoms with E-state index >= 15 is 0 Å². The molecule has 0 radical (unpaired) electrons. The molecule has 1 amide bonds. The zero-order chi connectivity index (χ0) is 13.8. The van der Waals surface area contributed by atoms with Crippen molar-refractivity contribution in [3.05, 3.63) is 29.8 Å². The van der Waals surface area contributed by atoms with Gasteiger partial charge in [0.1, 0.15) is 5.75 Å². The van der Waals surface area contributed by atoms with Crippen molar-refractivity contribution in [2.45, 2.75) is 6.92 Å². The lowest BCUT2D eigenvalue weighted by Gasteiger charge is -2.06. The molecular formula is C12H10N2O3S2. The molecule has 0 spiro atoms. The van der Waals surface area contributed by atoms with Crippen LogP contribution in [0.3, 0.4) is 0 Å². The average Bonchev–Trinajstić information content (AvgIpc) is 2.68. The number of hydrogen-bond donors (Lipinski definition) is 0. The van der Waals surface area contributed by atoms with Gasteiger partial charge in [-0.1, -0.05) is 24.0 Å². The van der Waals surface area contributed by atoms with Crippen LogP contribution in [-0.4, -0.2) is 33.2 Å². The molecular weight excluding hydrogens is 284 g/mol. The van der Waals surface area contributed by atoms with Crippen molar-refractivity contribution in [3.8, 4) is 5.75 Å². The van der Waals surface area contributed by atoms with Crippen LogP contribution in [0.2, 0.25) is 0 Å². The smallest absolute Gasteiger partial charge is 0.308 e. The summed E-state index contributed by atoms with van der Waals surface area (Å²) in [7, 11) is 0. The Bertz CT molecular complexity index is 539. The summed E-state index contributed by atoms with van der Waals surface area (Å²) in [5, 5.41) is 5.24. The van der Waals surface area contributed by atoms with E-state index in [-0.39, 0.29) is 11.9 Å². The van der Waals surface area contributed by atoms with Gasteiger partial charge in [0.25, 0.3) is 5.91 Å². The molecule has 0 saturated carbocycles. The van der Waals surface area contributed by atoms with Crippen LogP contribution in [0.25, 0.3) is 0 Å². The Morgan fingerprint density at radius 3 is 2.68 bits per heavy atom. The minimum Gasteiger partial charge on any atom is -0.427 e. The summed E-state index contributed by atoms with van der Waals surface area (Å²) >= 11 is 6.29. The third-order valence-electron chi connectivity index (χ3n) is 2.19. The summed E-state index contributed by atoms with van der Waals surface area (Å²) in [5.74, 6) is 0.309. The lowest BCUT2D eigenvalue weighted by molar-refractivity contribution is -0.132. The summed E-state index contributed by atoms with van der Waals surface area (Å²) < 4.78 is 5.37. The lowest BCUT2D eigenvalue weighted by Crippen LogP contribution is -2.22. The summed E-state index contributed by atoms with van der Waals surface area (Å²) in [6.07, 6.45) is 1.54. The van der Waals surface area contributed by atoms with Crippen LogP contribution in [0.4, 0.5) is 0 Å². The van der Waals surface area contributed by atoms with Crippen molar-refractivity contribution in [1.29, 1.82) is 0 Å². The van der Waals surface area contributed by atoms with Crippen molar-refractivity contribution in [2.24, 2.45) is 5.10 Å². The van der Waals surface area contributed by atoms with Crippen LogP contribution in [-0.2, 0) is 9.59 Å². The Morgan fingerprint density at radius 2 is 2.16 bits per heavy atom. The highest BCUT2D eigenvalue weighted by Crippen LogP contribution is 2.19. The number of nitrogens with zero attached hydrogens (tertiary/aromatic N) is 2. The largest absolute Gasteiger partial charge is 0.427 e. The van der Waals surface area contributed by atoms with Crippen LogP contribution in [0.15, 0.2) is 29.4 Å². The number of ether oxygens (including phenoxy) is 1. The molecule has 19 heavy (non-hydrogen) atoms. The number of esters is 1. The quantitative estimate of drug-likeness (QED) is 0.368. The van der Waals surface area contributed by atoms with Gasteiger partial charge in [0.15, 0.2) is 4.32 Å². The van der Waals surface area contributed by atoms with Crippen LogP contribution in [0, 0.1) is 0 Å². The highest BCUT2D eigenvalue weighted by Gasteiger charge is 2.25. The maximum Gasteiger partial charge on any atom is 0.308 e. The van der Waals surface area contributed by atoms with Crippen molar-refractivity contribution in [3.63, 3.8) is 0 Å². The van der Waals surface area contributed by atoms with E-state index in [1.54, 1.807) is 24.3 Å². The molecule has 1 aromatic carbocycles. The Morgan fingerprint density at radius 1 is 1.47 bits per heavy atom. The highest BCUT2D eigenvalue weighted by atomic mass is 32.2. The number of rotatable bonds is 3. The Hall–Kier alpha value is -1.73. The van der Waals surface area contributed by atoms with Crippen molar-refractivity contribution >= 4 is 46.4 Å². The van der Waals surface area contributed by atoms with E-state index in [2.05, 4.69) is 5.10 Å². The molecule has 0 unspecified atom stereocenters. The van der Waals surface area contributed by atoms with E-state index < -0.39 is 0 Å². The van der Waals surface area contributed by atoms with E-state index in [4.69, 9.17) is 17.0 Å². The molecule has 1 aliphatic rings. The van der Waals surface area contributed by atoms with Gasteiger partial charge in [-0.3, -0.25) is 9.59 Å². The maximum atomic E-state index is 11.4. The summed E-state index contributed by atoms with van der Waals surface area (Å²) in [6, 6.07) is 6.78. The van der Waals surface area contributed by atoms with E-state index in [1.165, 1.54) is 29.9 Å². The average molecular weight is 294 g/mol. The molecule has 7 heteroatoms. The van der Waals surface area contributed by atoms with Crippen molar-refractivity contribution < 1.29 is 14.3 Å². The van der Waals surface area contributed by atoms with E-state index in [0.29, 0.717) is 15.8 Å². The fraction of sp³-hybridized carbons (Fsp3) is 0.167. The van der Waals surface area contributed by atoms with Crippen LogP contribution in [0.1, 0.15) is 12.5 Å². The third kappa shape index (κ3) is 3.62. The zero-order valence-corrected chi connectivity index (χ0v) is 11.7. The molecule has 1 aromatic rings. The fourth-order valence-electron chi connectivity index (χ4n) is 1.37. The molecule has 0 aliphatic carbocycles. The van der Waals surface area contributed by atoms with Gasteiger partial charge in [0, 0.05) is 6.92 Å². The number of carbonyl (C=O) groups is 2. The zero-order valence-electron chi connectivity index (χ0n) is 10.0. The number of amides is 1. The number of thioether (sulfide) groups is 1. The fourth-order valence-corrected chi connectivity index (χ4v) is 2.34. The van der Waals surface area contributed by atoms with Gasteiger partial charge >= 0.3 is 5.97 Å². The number of carbonyl (C=O) groups excluding carboxylic acids is 2. The van der Waals surface area contributed by atoms with Gasteiger partial charge in [-0.15, -0.1) is 0 Å². The first-order valence-electron chi connectivity index (χ1n) is 5.38. The molecule has 1 fully saturated rings. The van der Waals surface area contributed by atoms with Gasteiger partial charge in [-0.2, -0.15) is 10.1 Å². The van der Waals surface area contributed by atoms with Crippen molar-refractivity contribution in [2.75, 3.05) is 5.75 Å². The third-order valence-corrected chi connectivity index (χ3v) is 3.53. The standard InChI is InChI=1S/C12H10N2O3S2/c1-8(15)17-10-4-2-9(3-5-10)6-13-14-11(16)7-19-12(14)18/h2-6H,7H2,1H3/b13-6+. The maximum absolute atomic E-state index is 11.4. The van der Waals surface area contributed by atoms with Crippen LogP contribution < -0.4 is 4.74 Å². The number of hydrogen-bond acceptors (Lipinski definition) is 6. The van der Waals surface area contributed by atoms with Crippen molar-refractivity contribution in [1.82, 2.24) is 5.01 Å². The first-order chi connectivity index (χ1) is 9.06. The highest BCUT2D eigenvalue weighted by molar-refractivity contribution is 8.23. The SMILES string of the molecule is CC(=O)Oc1ccc(/C=N/N2C(=O)CSC2=S)cc1. The second-order valence-electron chi connectivity index (χ2n) is 3.67. The van der Waals surface area contributed by atoms with E-state index in [0.717, 1.165) is 5.56 Å². The summed E-state index contributed by atoms with van der Waals surface area (Å²) in [5.41, 5.74) is 0.781. The Labute approximate surface area is 119 Å². The number of hydrazone groups is 1. The Kier molecular flexibility index (Phi) is 4.28. The predicted octanol–water partition coefficient (Wildman–Crippen LogP) is 1.81. The summed E-state index contributed by atoms with van der Waals surface area (Å²) in [4.78, 5) is 22.2. The second kappa shape index (κ2) is 5.94. The van der Waals surface area contributed by atoms with Gasteiger partial charge < -0.3 is 4.74 Å². The number of benzene rings is 1. The molecule has 1 aliphatic heterocycles. The van der Waals surface area contributed by atoms with Gasteiger partial charge in [0.05, 0.1) is 12.0 Å². The first-order valence-corrected chi connectivity index (χ1v) is 6.78. The van der Waals surface area contributed by atoms with E-state index in [9.17, 15) is 9.59 Å². The molecule has 2 rings (SSSR count). The second-order valence-corrected chi connectivity index (χ2v) is 5.28. The normalized spacial score (nSPS) is 15.3. The van der Waals surface area contributed by atoms with E-state index in [1.807, 2.05) is 0 Å². The van der Waals surface area contributed by atoms with Gasteiger partial charge in [-0.25, -0.2) is 0 Å². The molecule has 1 heterocycles. The first kappa shape index (κ1) is 13.7.